The highest BCUT2D eigenvalue weighted by Gasteiger charge is 2.12. The molecule has 2 amide bonds. The van der Waals surface area contributed by atoms with Gasteiger partial charge in [-0.25, -0.2) is 9.18 Å². The van der Waals surface area contributed by atoms with Gasteiger partial charge in [0.2, 0.25) is 0 Å². The van der Waals surface area contributed by atoms with E-state index in [2.05, 4.69) is 5.32 Å². The van der Waals surface area contributed by atoms with E-state index in [4.69, 9.17) is 10.00 Å². The average Bonchev–Trinajstić information content (AvgIpc) is 2.58. The molecule has 24 heavy (non-hydrogen) atoms. The summed E-state index contributed by atoms with van der Waals surface area (Å²) in [5.74, 6) is 0.212. The molecule has 0 aliphatic carbocycles. The number of urea groups is 1. The van der Waals surface area contributed by atoms with Crippen LogP contribution in [0.25, 0.3) is 0 Å². The Hall–Kier alpha value is -3.07. The van der Waals surface area contributed by atoms with E-state index >= 15 is 0 Å². The molecule has 0 aliphatic heterocycles. The van der Waals surface area contributed by atoms with E-state index in [0.29, 0.717) is 13.2 Å². The Bertz CT molecular complexity index is 754. The van der Waals surface area contributed by atoms with E-state index in [9.17, 15) is 9.18 Å². The van der Waals surface area contributed by atoms with Gasteiger partial charge in [0.15, 0.2) is 0 Å². The average molecular weight is 327 g/mol. The number of rotatable bonds is 5. The van der Waals surface area contributed by atoms with Crippen molar-refractivity contribution in [3.8, 4) is 11.8 Å². The topological polar surface area (TPSA) is 65.4 Å². The van der Waals surface area contributed by atoms with Crippen LogP contribution in [-0.2, 0) is 0 Å². The van der Waals surface area contributed by atoms with Crippen LogP contribution < -0.4 is 10.1 Å². The number of hydrogen-bond acceptors (Lipinski definition) is 3. The molecule has 0 aromatic heterocycles. The van der Waals surface area contributed by atoms with Crippen LogP contribution in [0.1, 0.15) is 11.1 Å². The smallest absolute Gasteiger partial charge is 0.321 e. The number of ether oxygens (including phenoxy) is 1. The van der Waals surface area contributed by atoms with Crippen molar-refractivity contribution in [3.05, 3.63) is 59.4 Å². The zero-order valence-corrected chi connectivity index (χ0v) is 13.5. The highest BCUT2D eigenvalue weighted by atomic mass is 19.1. The van der Waals surface area contributed by atoms with E-state index < -0.39 is 11.8 Å². The Morgan fingerprint density at radius 3 is 2.67 bits per heavy atom. The number of amides is 2. The Morgan fingerprint density at radius 1 is 1.29 bits per heavy atom. The molecule has 2 aromatic rings. The van der Waals surface area contributed by atoms with Gasteiger partial charge in [-0.1, -0.05) is 17.7 Å². The van der Waals surface area contributed by atoms with E-state index in [1.165, 1.54) is 17.0 Å². The molecule has 0 heterocycles. The first-order valence-electron chi connectivity index (χ1n) is 7.41. The van der Waals surface area contributed by atoms with Crippen molar-refractivity contribution in [3.63, 3.8) is 0 Å². The molecule has 0 saturated heterocycles. The summed E-state index contributed by atoms with van der Waals surface area (Å²) in [5.41, 5.74) is 1.49. The summed E-state index contributed by atoms with van der Waals surface area (Å²) in [4.78, 5) is 13.5. The molecule has 0 saturated carbocycles. The fraction of sp³-hybridized carbons (Fsp3) is 0.222. The number of carbonyl (C=O) groups excluding carboxylic acids is 1. The summed E-state index contributed by atoms with van der Waals surface area (Å²) in [7, 11) is 1.61. The third-order valence-corrected chi connectivity index (χ3v) is 3.41. The molecule has 0 aliphatic rings. The zero-order chi connectivity index (χ0) is 17.5. The lowest BCUT2D eigenvalue weighted by molar-refractivity contribution is 0.207. The number of likely N-dealkylation sites (N-methyl/N-ethyl adjacent to an activating group) is 1. The number of hydrogen-bond donors (Lipinski definition) is 1. The van der Waals surface area contributed by atoms with Gasteiger partial charge in [0.1, 0.15) is 24.2 Å². The summed E-state index contributed by atoms with van der Waals surface area (Å²) in [6.07, 6.45) is 0. The fourth-order valence-corrected chi connectivity index (χ4v) is 1.97. The molecular weight excluding hydrogens is 309 g/mol. The van der Waals surface area contributed by atoms with Crippen LogP contribution in [0.2, 0.25) is 0 Å². The van der Waals surface area contributed by atoms with Gasteiger partial charge in [0.25, 0.3) is 0 Å². The minimum Gasteiger partial charge on any atom is -0.492 e. The monoisotopic (exact) mass is 327 g/mol. The number of nitrogens with zero attached hydrogens (tertiary/aromatic N) is 2. The Labute approximate surface area is 140 Å². The van der Waals surface area contributed by atoms with Crippen molar-refractivity contribution in [2.45, 2.75) is 6.92 Å². The Morgan fingerprint density at radius 2 is 2.00 bits per heavy atom. The SMILES string of the molecule is Cc1ccc(OCCN(C)C(=O)Nc2ccc(F)cc2C#N)cc1. The molecule has 0 unspecified atom stereocenters. The van der Waals surface area contributed by atoms with Crippen molar-refractivity contribution in [1.29, 1.82) is 5.26 Å². The molecule has 0 radical (unpaired) electrons. The summed E-state index contributed by atoms with van der Waals surface area (Å²) < 4.78 is 18.7. The van der Waals surface area contributed by atoms with Crippen LogP contribution >= 0.6 is 0 Å². The molecular formula is C18H18FN3O2. The lowest BCUT2D eigenvalue weighted by atomic mass is 10.2. The van der Waals surface area contributed by atoms with Crippen molar-refractivity contribution >= 4 is 11.7 Å². The first-order valence-corrected chi connectivity index (χ1v) is 7.41. The number of carbonyl (C=O) groups is 1. The molecule has 0 fully saturated rings. The molecule has 0 bridgehead atoms. The third kappa shape index (κ3) is 4.71. The Kier molecular flexibility index (Phi) is 5.74. The second kappa shape index (κ2) is 7.97. The van der Waals surface area contributed by atoms with Crippen LogP contribution in [0.5, 0.6) is 5.75 Å². The van der Waals surface area contributed by atoms with Crippen LogP contribution in [0.3, 0.4) is 0 Å². The van der Waals surface area contributed by atoms with Gasteiger partial charge in [0, 0.05) is 7.05 Å². The molecule has 124 valence electrons. The van der Waals surface area contributed by atoms with Gasteiger partial charge < -0.3 is 15.0 Å². The van der Waals surface area contributed by atoms with Gasteiger partial charge in [0.05, 0.1) is 17.8 Å². The largest absolute Gasteiger partial charge is 0.492 e. The van der Waals surface area contributed by atoms with E-state index in [-0.39, 0.29) is 11.3 Å². The summed E-state index contributed by atoms with van der Waals surface area (Å²) in [6, 6.07) is 12.7. The van der Waals surface area contributed by atoms with Crippen molar-refractivity contribution in [2.24, 2.45) is 0 Å². The maximum absolute atomic E-state index is 13.1. The Balaban J connectivity index is 1.86. The molecule has 6 heteroatoms. The maximum Gasteiger partial charge on any atom is 0.321 e. The molecule has 5 nitrogen and oxygen atoms in total. The van der Waals surface area contributed by atoms with Crippen LogP contribution in [0, 0.1) is 24.1 Å². The standard InChI is InChI=1S/C18H18FN3O2/c1-13-3-6-16(7-4-13)24-10-9-22(2)18(23)21-17-8-5-15(19)11-14(17)12-20/h3-8,11H,9-10H2,1-2H3,(H,21,23). The minimum absolute atomic E-state index is 0.0765. The molecule has 0 spiro atoms. The van der Waals surface area contributed by atoms with Crippen LogP contribution in [0.4, 0.5) is 14.9 Å². The van der Waals surface area contributed by atoms with Crippen molar-refractivity contribution < 1.29 is 13.9 Å². The predicted molar refractivity (Wildman–Crippen MR) is 89.4 cm³/mol. The number of nitrogens with one attached hydrogen (secondary N) is 1. The summed E-state index contributed by atoms with van der Waals surface area (Å²) in [6.45, 7) is 2.69. The second-order valence-corrected chi connectivity index (χ2v) is 5.31. The number of nitriles is 1. The van der Waals surface area contributed by atoms with E-state index in [1.54, 1.807) is 7.05 Å². The van der Waals surface area contributed by atoms with E-state index in [1.807, 2.05) is 37.3 Å². The van der Waals surface area contributed by atoms with Gasteiger partial charge in [-0.2, -0.15) is 5.26 Å². The lowest BCUT2D eigenvalue weighted by Gasteiger charge is -2.18. The molecule has 2 rings (SSSR count). The minimum atomic E-state index is -0.524. The van der Waals surface area contributed by atoms with E-state index in [0.717, 1.165) is 17.4 Å². The lowest BCUT2D eigenvalue weighted by Crippen LogP contribution is -2.34. The summed E-state index contributed by atoms with van der Waals surface area (Å²) in [5, 5.41) is 11.6. The first-order chi connectivity index (χ1) is 11.5. The zero-order valence-electron chi connectivity index (χ0n) is 13.5. The molecule has 2 aromatic carbocycles. The number of anilines is 1. The maximum atomic E-state index is 13.1. The normalized spacial score (nSPS) is 9.92. The van der Waals surface area contributed by atoms with Crippen molar-refractivity contribution in [1.82, 2.24) is 4.90 Å². The van der Waals surface area contributed by atoms with Gasteiger partial charge in [-0.15, -0.1) is 0 Å². The van der Waals surface area contributed by atoms with Gasteiger partial charge >= 0.3 is 6.03 Å². The number of aryl methyl sites for hydroxylation is 1. The fourth-order valence-electron chi connectivity index (χ4n) is 1.97. The van der Waals surface area contributed by atoms with Gasteiger partial charge in [-0.3, -0.25) is 0 Å². The first kappa shape index (κ1) is 17.3. The van der Waals surface area contributed by atoms with Gasteiger partial charge in [-0.05, 0) is 37.3 Å². The highest BCUT2D eigenvalue weighted by Crippen LogP contribution is 2.16. The number of halogens is 1. The quantitative estimate of drug-likeness (QED) is 0.913. The third-order valence-electron chi connectivity index (χ3n) is 3.41. The summed E-state index contributed by atoms with van der Waals surface area (Å²) >= 11 is 0. The van der Waals surface area contributed by atoms with Crippen molar-refractivity contribution in [2.75, 3.05) is 25.5 Å². The molecule has 1 N–H and O–H groups in total. The highest BCUT2D eigenvalue weighted by molar-refractivity contribution is 5.90. The second-order valence-electron chi connectivity index (χ2n) is 5.31. The van der Waals surface area contributed by atoms with Crippen LogP contribution in [-0.4, -0.2) is 31.1 Å². The molecule has 0 atom stereocenters. The van der Waals surface area contributed by atoms with Crippen LogP contribution in [0.15, 0.2) is 42.5 Å². The number of benzene rings is 2. The predicted octanol–water partition coefficient (Wildman–Crippen LogP) is 3.55.